The summed E-state index contributed by atoms with van der Waals surface area (Å²) in [5, 5.41) is 10.3. The molecule has 1 aliphatic rings. The lowest BCUT2D eigenvalue weighted by Gasteiger charge is -2.05. The first kappa shape index (κ1) is 10.5. The predicted molar refractivity (Wildman–Crippen MR) is 72.4 cm³/mol. The average molecular weight is 325 g/mol. The van der Waals surface area contributed by atoms with E-state index in [2.05, 4.69) is 33.6 Å². The molecular weight excluding hydrogens is 313 g/mol. The number of rotatable bonds is 2. The highest BCUT2D eigenvalue weighted by Crippen LogP contribution is 2.40. The minimum Gasteiger partial charge on any atom is -0.392 e. The second-order valence-corrected chi connectivity index (χ2v) is 5.51. The Labute approximate surface area is 108 Å². The van der Waals surface area contributed by atoms with E-state index in [9.17, 15) is 5.11 Å². The maximum atomic E-state index is 9.19. The van der Waals surface area contributed by atoms with Crippen molar-refractivity contribution in [1.82, 2.24) is 4.98 Å². The van der Waals surface area contributed by atoms with Crippen LogP contribution in [0.25, 0.3) is 10.9 Å². The summed E-state index contributed by atoms with van der Waals surface area (Å²) in [5.74, 6) is 0.729. The Morgan fingerprint density at radius 1 is 1.31 bits per heavy atom. The molecule has 1 saturated carbocycles. The third-order valence-corrected chi connectivity index (χ3v) is 3.87. The van der Waals surface area contributed by atoms with Crippen LogP contribution >= 0.6 is 22.6 Å². The van der Waals surface area contributed by atoms with Crippen LogP contribution in [0.1, 0.15) is 29.9 Å². The number of aliphatic hydroxyl groups is 1. The zero-order valence-corrected chi connectivity index (χ0v) is 10.9. The van der Waals surface area contributed by atoms with Gasteiger partial charge in [-0.2, -0.15) is 0 Å². The van der Waals surface area contributed by atoms with Gasteiger partial charge in [-0.05, 0) is 70.7 Å². The van der Waals surface area contributed by atoms with Crippen molar-refractivity contribution in [3.8, 4) is 0 Å². The molecular formula is C13H12INO. The predicted octanol–water partition coefficient (Wildman–Crippen LogP) is 3.21. The van der Waals surface area contributed by atoms with Crippen LogP contribution in [0, 0.1) is 3.57 Å². The van der Waals surface area contributed by atoms with Crippen LogP contribution in [0.2, 0.25) is 0 Å². The first-order valence-electron chi connectivity index (χ1n) is 5.47. The zero-order chi connectivity index (χ0) is 11.1. The van der Waals surface area contributed by atoms with E-state index in [-0.39, 0.29) is 6.61 Å². The maximum absolute atomic E-state index is 9.19. The van der Waals surface area contributed by atoms with E-state index < -0.39 is 0 Å². The first-order chi connectivity index (χ1) is 7.78. The van der Waals surface area contributed by atoms with E-state index in [0.717, 1.165) is 26.0 Å². The summed E-state index contributed by atoms with van der Waals surface area (Å²) in [6.45, 7) is 0.0968. The van der Waals surface area contributed by atoms with Gasteiger partial charge in [0.1, 0.15) is 0 Å². The number of aromatic nitrogens is 1. The normalized spacial score (nSPS) is 15.6. The van der Waals surface area contributed by atoms with Crippen LogP contribution in [0.4, 0.5) is 0 Å². The van der Waals surface area contributed by atoms with Gasteiger partial charge in [-0.1, -0.05) is 0 Å². The van der Waals surface area contributed by atoms with E-state index in [1.165, 1.54) is 18.4 Å². The van der Waals surface area contributed by atoms with Crippen molar-refractivity contribution in [2.45, 2.75) is 25.4 Å². The molecule has 0 saturated heterocycles. The molecule has 1 aromatic heterocycles. The zero-order valence-electron chi connectivity index (χ0n) is 8.78. The SMILES string of the molecule is OCc1cc(I)c2ncc(C3CC3)cc2c1. The van der Waals surface area contributed by atoms with Crippen LogP contribution in [0.15, 0.2) is 24.4 Å². The molecule has 82 valence electrons. The molecule has 2 aromatic rings. The smallest absolute Gasteiger partial charge is 0.0835 e. The molecule has 16 heavy (non-hydrogen) atoms. The topological polar surface area (TPSA) is 33.1 Å². The van der Waals surface area contributed by atoms with E-state index in [4.69, 9.17) is 0 Å². The van der Waals surface area contributed by atoms with Crippen LogP contribution in [0.3, 0.4) is 0 Å². The van der Waals surface area contributed by atoms with Gasteiger partial charge in [0.15, 0.2) is 0 Å². The molecule has 0 amide bonds. The third-order valence-electron chi connectivity index (χ3n) is 3.05. The number of aliphatic hydroxyl groups excluding tert-OH is 1. The summed E-state index contributed by atoms with van der Waals surface area (Å²) in [5.41, 5.74) is 3.35. The van der Waals surface area contributed by atoms with Crippen molar-refractivity contribution in [2.24, 2.45) is 0 Å². The van der Waals surface area contributed by atoms with Crippen molar-refractivity contribution in [2.75, 3.05) is 0 Å². The number of fused-ring (bicyclic) bond motifs is 1. The Kier molecular flexibility index (Phi) is 2.59. The van der Waals surface area contributed by atoms with Gasteiger partial charge >= 0.3 is 0 Å². The first-order valence-corrected chi connectivity index (χ1v) is 6.55. The molecule has 0 spiro atoms. The van der Waals surface area contributed by atoms with E-state index in [1.54, 1.807) is 0 Å². The lowest BCUT2D eigenvalue weighted by atomic mass is 10.1. The highest BCUT2D eigenvalue weighted by atomic mass is 127. The molecule has 3 rings (SSSR count). The fourth-order valence-electron chi connectivity index (χ4n) is 2.01. The maximum Gasteiger partial charge on any atom is 0.0835 e. The Morgan fingerprint density at radius 3 is 2.81 bits per heavy atom. The second kappa shape index (κ2) is 3.96. The van der Waals surface area contributed by atoms with Gasteiger partial charge in [0, 0.05) is 15.2 Å². The van der Waals surface area contributed by atoms with Crippen molar-refractivity contribution >= 4 is 33.5 Å². The molecule has 0 bridgehead atoms. The molecule has 0 unspecified atom stereocenters. The summed E-state index contributed by atoms with van der Waals surface area (Å²) in [7, 11) is 0. The molecule has 1 fully saturated rings. The van der Waals surface area contributed by atoms with Gasteiger partial charge in [-0.3, -0.25) is 4.98 Å². The molecule has 0 aliphatic heterocycles. The quantitative estimate of drug-likeness (QED) is 0.860. The van der Waals surface area contributed by atoms with Crippen LogP contribution < -0.4 is 0 Å². The molecule has 3 heteroatoms. The Hall–Kier alpha value is -0.680. The molecule has 2 nitrogen and oxygen atoms in total. The van der Waals surface area contributed by atoms with Crippen LogP contribution in [0.5, 0.6) is 0 Å². The fourth-order valence-corrected chi connectivity index (χ4v) is 2.86. The highest BCUT2D eigenvalue weighted by molar-refractivity contribution is 14.1. The molecule has 0 atom stereocenters. The summed E-state index contributed by atoms with van der Waals surface area (Å²) in [4.78, 5) is 4.53. The highest BCUT2D eigenvalue weighted by Gasteiger charge is 2.24. The Bertz CT molecular complexity index is 549. The lowest BCUT2D eigenvalue weighted by Crippen LogP contribution is -1.91. The van der Waals surface area contributed by atoms with Gasteiger partial charge in [0.25, 0.3) is 0 Å². The molecule has 0 radical (unpaired) electrons. The van der Waals surface area contributed by atoms with Crippen molar-refractivity contribution < 1.29 is 5.11 Å². The summed E-state index contributed by atoms with van der Waals surface area (Å²) < 4.78 is 1.11. The van der Waals surface area contributed by atoms with Crippen molar-refractivity contribution in [1.29, 1.82) is 0 Å². The van der Waals surface area contributed by atoms with Gasteiger partial charge < -0.3 is 5.11 Å². The number of pyridine rings is 1. The van der Waals surface area contributed by atoms with Gasteiger partial charge in [0.2, 0.25) is 0 Å². The largest absolute Gasteiger partial charge is 0.392 e. The van der Waals surface area contributed by atoms with Gasteiger partial charge in [-0.15, -0.1) is 0 Å². The number of benzene rings is 1. The second-order valence-electron chi connectivity index (χ2n) is 4.35. The van der Waals surface area contributed by atoms with E-state index in [1.807, 2.05) is 18.3 Å². The molecule has 1 aromatic carbocycles. The van der Waals surface area contributed by atoms with Crippen LogP contribution in [-0.4, -0.2) is 10.1 Å². The minimum atomic E-state index is 0.0968. The van der Waals surface area contributed by atoms with E-state index in [0.29, 0.717) is 0 Å². The number of hydrogen-bond donors (Lipinski definition) is 1. The van der Waals surface area contributed by atoms with Crippen molar-refractivity contribution in [3.63, 3.8) is 0 Å². The van der Waals surface area contributed by atoms with Gasteiger partial charge in [0.05, 0.1) is 12.1 Å². The standard InChI is InChI=1S/C13H12INO/c14-12-4-8(7-16)3-10-5-11(9-1-2-9)6-15-13(10)12/h3-6,9,16H,1-2,7H2. The van der Waals surface area contributed by atoms with Crippen LogP contribution in [-0.2, 0) is 6.61 Å². The molecule has 1 N–H and O–H groups in total. The third kappa shape index (κ3) is 1.82. The number of hydrogen-bond acceptors (Lipinski definition) is 2. The summed E-state index contributed by atoms with van der Waals surface area (Å²) in [6, 6.07) is 6.25. The Balaban J connectivity index is 2.20. The van der Waals surface area contributed by atoms with Gasteiger partial charge in [-0.25, -0.2) is 0 Å². The average Bonchev–Trinajstić information content (AvgIpc) is 3.12. The summed E-state index contributed by atoms with van der Waals surface area (Å²) >= 11 is 2.28. The minimum absolute atomic E-state index is 0.0968. The fraction of sp³-hybridized carbons (Fsp3) is 0.308. The van der Waals surface area contributed by atoms with Crippen molar-refractivity contribution in [3.05, 3.63) is 39.1 Å². The number of nitrogens with zero attached hydrogens (tertiary/aromatic N) is 1. The molecule has 1 heterocycles. The Morgan fingerprint density at radius 2 is 2.12 bits per heavy atom. The number of halogens is 1. The lowest BCUT2D eigenvalue weighted by molar-refractivity contribution is 0.282. The molecule has 1 aliphatic carbocycles. The summed E-state index contributed by atoms with van der Waals surface area (Å²) in [6.07, 6.45) is 4.59. The van der Waals surface area contributed by atoms with E-state index >= 15 is 0 Å². The monoisotopic (exact) mass is 325 g/mol.